The van der Waals surface area contributed by atoms with Crippen molar-refractivity contribution in [1.82, 2.24) is 9.97 Å². The Morgan fingerprint density at radius 1 is 1.60 bits per heavy atom. The summed E-state index contributed by atoms with van der Waals surface area (Å²) in [6.45, 7) is 0. The van der Waals surface area contributed by atoms with Gasteiger partial charge in [0.25, 0.3) is 0 Å². The molecule has 76 valence electrons. The van der Waals surface area contributed by atoms with Gasteiger partial charge in [-0.3, -0.25) is 9.78 Å². The maximum Gasteiger partial charge on any atom is 0.307 e. The second-order valence-electron chi connectivity index (χ2n) is 3.68. The number of hydrogen-bond donors (Lipinski definition) is 1. The van der Waals surface area contributed by atoms with Crippen molar-refractivity contribution in [2.75, 3.05) is 0 Å². The normalized spacial score (nSPS) is 24.3. The molecule has 5 heteroatoms. The van der Waals surface area contributed by atoms with Gasteiger partial charge in [0.2, 0.25) is 0 Å². The second kappa shape index (κ2) is 3.00. The van der Waals surface area contributed by atoms with Crippen molar-refractivity contribution in [2.45, 2.75) is 12.3 Å². The Bertz CT molecular complexity index is 504. The van der Waals surface area contributed by atoms with Gasteiger partial charge in [-0.25, -0.2) is 4.98 Å². The van der Waals surface area contributed by atoms with E-state index in [4.69, 9.17) is 5.11 Å². The van der Waals surface area contributed by atoms with E-state index >= 15 is 0 Å². The number of carboxylic acid groups (broad SMARTS) is 1. The lowest BCUT2D eigenvalue weighted by molar-refractivity contribution is -0.138. The van der Waals surface area contributed by atoms with Crippen molar-refractivity contribution in [3.63, 3.8) is 0 Å². The molecule has 2 unspecified atom stereocenters. The molecule has 2 atom stereocenters. The smallest absolute Gasteiger partial charge is 0.307 e. The van der Waals surface area contributed by atoms with Crippen LogP contribution in [0.2, 0.25) is 0 Å². The first-order chi connectivity index (χ1) is 7.25. The van der Waals surface area contributed by atoms with Gasteiger partial charge in [-0.1, -0.05) is 0 Å². The van der Waals surface area contributed by atoms with E-state index in [1.807, 2.05) is 6.07 Å². The van der Waals surface area contributed by atoms with Gasteiger partial charge in [0, 0.05) is 12.1 Å². The summed E-state index contributed by atoms with van der Waals surface area (Å²) in [6, 6.07) is 1.91. The number of pyridine rings is 1. The molecule has 4 nitrogen and oxygen atoms in total. The summed E-state index contributed by atoms with van der Waals surface area (Å²) in [5, 5.41) is 9.76. The van der Waals surface area contributed by atoms with Crippen LogP contribution < -0.4 is 0 Å². The van der Waals surface area contributed by atoms with Gasteiger partial charge in [0.15, 0.2) is 0 Å². The summed E-state index contributed by atoms with van der Waals surface area (Å²) in [6.07, 6.45) is 4.17. The van der Waals surface area contributed by atoms with Crippen LogP contribution >= 0.6 is 11.3 Å². The lowest BCUT2D eigenvalue weighted by Crippen LogP contribution is -1.98. The maximum atomic E-state index is 10.7. The van der Waals surface area contributed by atoms with Crippen LogP contribution in [0.4, 0.5) is 0 Å². The third-order valence-corrected chi connectivity index (χ3v) is 3.80. The van der Waals surface area contributed by atoms with Crippen LogP contribution in [-0.4, -0.2) is 21.0 Å². The van der Waals surface area contributed by atoms with E-state index in [1.165, 1.54) is 0 Å². The number of aromatic nitrogens is 2. The number of nitrogens with zero attached hydrogens (tertiary/aromatic N) is 2. The van der Waals surface area contributed by atoms with Gasteiger partial charge in [-0.05, 0) is 12.5 Å². The lowest BCUT2D eigenvalue weighted by atomic mass is 10.3. The van der Waals surface area contributed by atoms with E-state index in [-0.39, 0.29) is 11.8 Å². The van der Waals surface area contributed by atoms with Crippen molar-refractivity contribution < 1.29 is 9.90 Å². The van der Waals surface area contributed by atoms with Gasteiger partial charge in [-0.2, -0.15) is 0 Å². The highest BCUT2D eigenvalue weighted by molar-refractivity contribution is 7.18. The number of carboxylic acids is 1. The fourth-order valence-corrected chi connectivity index (χ4v) is 2.81. The molecule has 1 aliphatic rings. The topological polar surface area (TPSA) is 63.1 Å². The average Bonchev–Trinajstić information content (AvgIpc) is 2.91. The van der Waals surface area contributed by atoms with E-state index in [1.54, 1.807) is 23.7 Å². The number of aliphatic carboxylic acids is 1. The molecule has 0 radical (unpaired) electrons. The SMILES string of the molecule is O=C(O)C1CC1c1nc2cnccc2s1. The van der Waals surface area contributed by atoms with Crippen LogP contribution in [0.25, 0.3) is 10.2 Å². The van der Waals surface area contributed by atoms with Crippen LogP contribution in [-0.2, 0) is 4.79 Å². The highest BCUT2D eigenvalue weighted by Gasteiger charge is 2.46. The molecule has 2 aromatic heterocycles. The summed E-state index contributed by atoms with van der Waals surface area (Å²) in [5.74, 6) is -0.809. The summed E-state index contributed by atoms with van der Waals surface area (Å²) in [4.78, 5) is 19.1. The molecule has 3 rings (SSSR count). The van der Waals surface area contributed by atoms with Crippen molar-refractivity contribution in [3.05, 3.63) is 23.5 Å². The monoisotopic (exact) mass is 220 g/mol. The fraction of sp³-hybridized carbons (Fsp3) is 0.300. The minimum atomic E-state index is -0.711. The summed E-state index contributed by atoms with van der Waals surface area (Å²) < 4.78 is 1.08. The fourth-order valence-electron chi connectivity index (χ4n) is 1.70. The summed E-state index contributed by atoms with van der Waals surface area (Å²) in [7, 11) is 0. The molecule has 0 aliphatic heterocycles. The maximum absolute atomic E-state index is 10.7. The van der Waals surface area contributed by atoms with E-state index in [2.05, 4.69) is 9.97 Å². The summed E-state index contributed by atoms with van der Waals surface area (Å²) >= 11 is 1.57. The third kappa shape index (κ3) is 1.39. The molecule has 1 saturated carbocycles. The Balaban J connectivity index is 1.97. The van der Waals surface area contributed by atoms with Crippen LogP contribution in [0.3, 0.4) is 0 Å². The van der Waals surface area contributed by atoms with Gasteiger partial charge in [0.1, 0.15) is 0 Å². The molecule has 0 saturated heterocycles. The largest absolute Gasteiger partial charge is 0.481 e. The van der Waals surface area contributed by atoms with Crippen molar-refractivity contribution in [2.24, 2.45) is 5.92 Å². The van der Waals surface area contributed by atoms with Crippen molar-refractivity contribution >= 4 is 27.5 Å². The highest BCUT2D eigenvalue weighted by atomic mass is 32.1. The van der Waals surface area contributed by atoms with Crippen molar-refractivity contribution in [1.29, 1.82) is 0 Å². The average molecular weight is 220 g/mol. The first-order valence-electron chi connectivity index (χ1n) is 4.69. The van der Waals surface area contributed by atoms with Gasteiger partial charge < -0.3 is 5.11 Å². The Morgan fingerprint density at radius 3 is 3.13 bits per heavy atom. The van der Waals surface area contributed by atoms with Crippen LogP contribution in [0.5, 0.6) is 0 Å². The van der Waals surface area contributed by atoms with Gasteiger partial charge >= 0.3 is 5.97 Å². The number of fused-ring (bicyclic) bond motifs is 1. The Labute approximate surface area is 89.6 Å². The standard InChI is InChI=1S/C10H8N2O2S/c13-10(14)6-3-5(6)9-12-7-4-11-2-1-8(7)15-9/h1-2,4-6H,3H2,(H,13,14). The lowest BCUT2D eigenvalue weighted by Gasteiger charge is -1.88. The molecule has 0 spiro atoms. The number of thiazole rings is 1. The molecule has 2 aromatic rings. The zero-order chi connectivity index (χ0) is 10.4. The number of rotatable bonds is 2. The molecule has 0 bridgehead atoms. The van der Waals surface area contributed by atoms with Crippen molar-refractivity contribution in [3.8, 4) is 0 Å². The van der Waals surface area contributed by atoms with E-state index in [0.29, 0.717) is 0 Å². The quantitative estimate of drug-likeness (QED) is 0.839. The first-order valence-corrected chi connectivity index (χ1v) is 5.50. The van der Waals surface area contributed by atoms with Gasteiger partial charge in [-0.15, -0.1) is 11.3 Å². The highest BCUT2D eigenvalue weighted by Crippen LogP contribution is 2.49. The summed E-state index contributed by atoms with van der Waals surface area (Å²) in [5.41, 5.74) is 0.869. The van der Waals surface area contributed by atoms with Crippen LogP contribution in [0.15, 0.2) is 18.5 Å². The molecule has 0 aromatic carbocycles. The molecule has 15 heavy (non-hydrogen) atoms. The number of hydrogen-bond acceptors (Lipinski definition) is 4. The van der Waals surface area contributed by atoms with E-state index < -0.39 is 5.97 Å². The number of carbonyl (C=O) groups is 1. The molecular weight excluding hydrogens is 212 g/mol. The second-order valence-corrected chi connectivity index (χ2v) is 4.74. The zero-order valence-electron chi connectivity index (χ0n) is 7.75. The molecule has 0 amide bonds. The molecule has 1 aliphatic carbocycles. The zero-order valence-corrected chi connectivity index (χ0v) is 8.57. The predicted molar refractivity (Wildman–Crippen MR) is 55.9 cm³/mol. The first kappa shape index (κ1) is 8.79. The van der Waals surface area contributed by atoms with Gasteiger partial charge in [0.05, 0.1) is 27.3 Å². The molecular formula is C10H8N2O2S. The molecule has 1 fully saturated rings. The van der Waals surface area contributed by atoms with E-state index in [9.17, 15) is 4.79 Å². The predicted octanol–water partition coefficient (Wildman–Crippen LogP) is 1.88. The third-order valence-electron chi connectivity index (χ3n) is 2.63. The van der Waals surface area contributed by atoms with Crippen LogP contribution in [0.1, 0.15) is 17.3 Å². The Morgan fingerprint density at radius 2 is 2.47 bits per heavy atom. The minimum absolute atomic E-state index is 0.125. The van der Waals surface area contributed by atoms with E-state index in [0.717, 1.165) is 21.6 Å². The molecule has 1 N–H and O–H groups in total. The minimum Gasteiger partial charge on any atom is -0.481 e. The Hall–Kier alpha value is -1.49. The molecule has 2 heterocycles. The van der Waals surface area contributed by atoms with Crippen LogP contribution in [0, 0.1) is 5.92 Å². The Kier molecular flexibility index (Phi) is 1.76.